The van der Waals surface area contributed by atoms with Crippen LogP contribution < -0.4 is 0 Å². The van der Waals surface area contributed by atoms with E-state index >= 15 is 8.78 Å². The number of benzene rings is 7. The Kier molecular flexibility index (Phi) is 6.17. The van der Waals surface area contributed by atoms with Crippen molar-refractivity contribution in [3.8, 4) is 51.0 Å². The molecule has 0 atom stereocenters. The zero-order chi connectivity index (χ0) is 35.3. The van der Waals surface area contributed by atoms with Crippen molar-refractivity contribution in [3.63, 3.8) is 0 Å². The topological polar surface area (TPSA) is 56.7 Å². The van der Waals surface area contributed by atoms with Gasteiger partial charge in [0.15, 0.2) is 23.1 Å². The number of alkyl halides is 2. The SMILES string of the molecule is FC1(F)c2ccccc2-c2ccc3c4ccc5c6ccccc6oc5c4n(-c4cccc(-c5nc(-c6ccccc6)nc(-c6ccccc6)n5)c4)c3c21. The lowest BCUT2D eigenvalue weighted by Crippen LogP contribution is -2.13. The van der Waals surface area contributed by atoms with Crippen molar-refractivity contribution in [3.05, 3.63) is 169 Å². The van der Waals surface area contributed by atoms with E-state index in [0.717, 1.165) is 43.8 Å². The molecule has 0 bridgehead atoms. The number of halogens is 2. The fraction of sp³-hybridized carbons (Fsp3) is 0.0217. The maximum absolute atomic E-state index is 16.9. The summed E-state index contributed by atoms with van der Waals surface area (Å²) in [6.07, 6.45) is 0. The van der Waals surface area contributed by atoms with Crippen LogP contribution in [0.4, 0.5) is 8.78 Å². The fourth-order valence-corrected chi connectivity index (χ4v) is 8.02. The third kappa shape index (κ3) is 4.31. The quantitative estimate of drug-likeness (QED) is 0.185. The van der Waals surface area contributed by atoms with Gasteiger partial charge >= 0.3 is 5.92 Å². The number of fused-ring (bicyclic) bond motifs is 11. The van der Waals surface area contributed by atoms with Gasteiger partial charge in [-0.05, 0) is 35.4 Å². The Morgan fingerprint density at radius 1 is 0.472 bits per heavy atom. The lowest BCUT2D eigenvalue weighted by molar-refractivity contribution is 0.0493. The highest BCUT2D eigenvalue weighted by Gasteiger charge is 2.46. The normalized spacial score (nSPS) is 13.2. The van der Waals surface area contributed by atoms with Gasteiger partial charge in [0.25, 0.3) is 0 Å². The van der Waals surface area contributed by atoms with E-state index in [1.807, 2.05) is 144 Å². The average molecular weight is 689 g/mol. The molecule has 0 amide bonds. The van der Waals surface area contributed by atoms with Gasteiger partial charge in [-0.15, -0.1) is 0 Å². The molecular weight excluding hydrogens is 663 g/mol. The van der Waals surface area contributed by atoms with Gasteiger partial charge in [0.05, 0.1) is 16.6 Å². The molecule has 0 fully saturated rings. The Morgan fingerprint density at radius 2 is 1.06 bits per heavy atom. The zero-order valence-corrected chi connectivity index (χ0v) is 28.0. The van der Waals surface area contributed by atoms with Crippen LogP contribution in [-0.2, 0) is 5.92 Å². The van der Waals surface area contributed by atoms with Gasteiger partial charge in [0.1, 0.15) is 5.58 Å². The second-order valence-corrected chi connectivity index (χ2v) is 13.4. The minimum Gasteiger partial charge on any atom is -0.454 e. The molecule has 0 saturated heterocycles. The Labute approximate surface area is 301 Å². The highest BCUT2D eigenvalue weighted by Crippen LogP contribution is 2.55. The minimum absolute atomic E-state index is 0.00834. The summed E-state index contributed by atoms with van der Waals surface area (Å²) in [6, 6.07) is 49.9. The first-order valence-corrected chi connectivity index (χ1v) is 17.4. The summed E-state index contributed by atoms with van der Waals surface area (Å²) in [5, 5.41) is 3.42. The van der Waals surface area contributed by atoms with Crippen LogP contribution in [-0.4, -0.2) is 19.5 Å². The predicted molar refractivity (Wildman–Crippen MR) is 206 cm³/mol. The van der Waals surface area contributed by atoms with Crippen LogP contribution in [0.2, 0.25) is 0 Å². The smallest absolute Gasteiger partial charge is 0.301 e. The van der Waals surface area contributed by atoms with Crippen molar-refractivity contribution in [2.75, 3.05) is 0 Å². The van der Waals surface area contributed by atoms with Crippen LogP contribution in [0, 0.1) is 0 Å². The number of furan rings is 1. The second-order valence-electron chi connectivity index (χ2n) is 13.4. The molecule has 250 valence electrons. The standard InChI is InChI=1S/C46H26F2N4O/c47-46(48)37-20-9-7-18-31(37)33-22-23-34-35-24-25-36-32-19-8-10-21-38(32)53-42(36)41(35)52(40(34)39(33)46)30-17-11-16-29(26-30)45-50-43(27-12-3-1-4-13-27)49-44(51-45)28-14-5-2-6-15-28/h1-26H. The van der Waals surface area contributed by atoms with Gasteiger partial charge in [-0.3, -0.25) is 0 Å². The summed E-state index contributed by atoms with van der Waals surface area (Å²) in [6.45, 7) is 0. The van der Waals surface area contributed by atoms with Crippen LogP contribution in [0.1, 0.15) is 11.1 Å². The Hall–Kier alpha value is -6.99. The third-order valence-electron chi connectivity index (χ3n) is 10.4. The number of aromatic nitrogens is 4. The molecule has 1 aliphatic carbocycles. The summed E-state index contributed by atoms with van der Waals surface area (Å²) >= 11 is 0. The van der Waals surface area contributed by atoms with Gasteiger partial charge in [0.2, 0.25) is 0 Å². The van der Waals surface area contributed by atoms with Crippen LogP contribution in [0.3, 0.4) is 0 Å². The highest BCUT2D eigenvalue weighted by atomic mass is 19.3. The number of para-hydroxylation sites is 1. The van der Waals surface area contributed by atoms with Crippen LogP contribution in [0.25, 0.3) is 94.7 Å². The first kappa shape index (κ1) is 29.7. The monoisotopic (exact) mass is 688 g/mol. The molecule has 0 aliphatic heterocycles. The van der Waals surface area contributed by atoms with E-state index in [0.29, 0.717) is 51.0 Å². The highest BCUT2D eigenvalue weighted by molar-refractivity contribution is 6.22. The molecule has 1 aliphatic rings. The minimum atomic E-state index is -3.23. The summed E-state index contributed by atoms with van der Waals surface area (Å²) in [7, 11) is 0. The van der Waals surface area contributed by atoms with Crippen molar-refractivity contribution >= 4 is 43.7 Å². The summed E-state index contributed by atoms with van der Waals surface area (Å²) in [5.41, 5.74) is 6.70. The maximum Gasteiger partial charge on any atom is 0.301 e. The van der Waals surface area contributed by atoms with E-state index in [1.54, 1.807) is 12.1 Å². The van der Waals surface area contributed by atoms with Gasteiger partial charge < -0.3 is 8.98 Å². The maximum atomic E-state index is 16.9. The van der Waals surface area contributed by atoms with E-state index in [9.17, 15) is 0 Å². The first-order valence-electron chi connectivity index (χ1n) is 17.4. The summed E-state index contributed by atoms with van der Waals surface area (Å²) in [5.74, 6) is -1.69. The van der Waals surface area contributed by atoms with E-state index in [1.165, 1.54) is 6.07 Å². The molecule has 0 spiro atoms. The molecule has 3 heterocycles. The molecule has 0 radical (unpaired) electrons. The summed E-state index contributed by atoms with van der Waals surface area (Å²) < 4.78 is 42.3. The second kappa shape index (κ2) is 11.0. The molecule has 0 N–H and O–H groups in total. The van der Waals surface area contributed by atoms with E-state index in [4.69, 9.17) is 19.4 Å². The molecule has 11 rings (SSSR count). The van der Waals surface area contributed by atoms with Gasteiger partial charge in [-0.25, -0.2) is 15.0 Å². The van der Waals surface area contributed by atoms with Crippen molar-refractivity contribution < 1.29 is 13.2 Å². The van der Waals surface area contributed by atoms with Gasteiger partial charge in [-0.1, -0.05) is 133 Å². The number of hydrogen-bond acceptors (Lipinski definition) is 4. The van der Waals surface area contributed by atoms with Crippen molar-refractivity contribution in [1.82, 2.24) is 19.5 Å². The molecule has 3 aromatic heterocycles. The predicted octanol–water partition coefficient (Wildman–Crippen LogP) is 12.0. The van der Waals surface area contributed by atoms with Crippen LogP contribution >= 0.6 is 0 Å². The molecule has 7 heteroatoms. The van der Waals surface area contributed by atoms with Gasteiger partial charge in [-0.2, -0.15) is 8.78 Å². The molecule has 5 nitrogen and oxygen atoms in total. The fourth-order valence-electron chi connectivity index (χ4n) is 8.02. The average Bonchev–Trinajstić information content (AvgIpc) is 3.84. The molecular formula is C46H26F2N4O. The number of rotatable bonds is 4. The van der Waals surface area contributed by atoms with E-state index in [2.05, 4.69) is 0 Å². The van der Waals surface area contributed by atoms with Crippen LogP contribution in [0.15, 0.2) is 162 Å². The largest absolute Gasteiger partial charge is 0.454 e. The molecule has 0 saturated carbocycles. The summed E-state index contributed by atoms with van der Waals surface area (Å²) in [4.78, 5) is 14.8. The van der Waals surface area contributed by atoms with Gasteiger partial charge in [0, 0.05) is 49.5 Å². The Balaban J connectivity index is 1.23. The number of nitrogens with zero attached hydrogens (tertiary/aromatic N) is 4. The van der Waals surface area contributed by atoms with E-state index in [-0.39, 0.29) is 11.1 Å². The van der Waals surface area contributed by atoms with Crippen LogP contribution in [0.5, 0.6) is 0 Å². The lowest BCUT2D eigenvalue weighted by Gasteiger charge is -2.17. The van der Waals surface area contributed by atoms with Crippen molar-refractivity contribution in [1.29, 1.82) is 0 Å². The lowest BCUT2D eigenvalue weighted by atomic mass is 10.0. The zero-order valence-electron chi connectivity index (χ0n) is 28.0. The molecule has 10 aromatic rings. The Morgan fingerprint density at radius 3 is 1.81 bits per heavy atom. The van der Waals surface area contributed by atoms with Crippen molar-refractivity contribution in [2.24, 2.45) is 0 Å². The Bertz CT molecular complexity index is 3040. The molecule has 7 aromatic carbocycles. The van der Waals surface area contributed by atoms with Crippen molar-refractivity contribution in [2.45, 2.75) is 5.92 Å². The molecule has 0 unspecified atom stereocenters. The molecule has 53 heavy (non-hydrogen) atoms. The van der Waals surface area contributed by atoms with E-state index < -0.39 is 5.92 Å². The first-order chi connectivity index (χ1) is 26.0. The third-order valence-corrected chi connectivity index (χ3v) is 10.4. The number of hydrogen-bond donors (Lipinski definition) is 0.